The van der Waals surface area contributed by atoms with E-state index in [9.17, 15) is 4.39 Å². The van der Waals surface area contributed by atoms with Crippen molar-refractivity contribution in [3.8, 4) is 17.3 Å². The number of H-pyrrole nitrogens is 1. The summed E-state index contributed by atoms with van der Waals surface area (Å²) >= 11 is 0. The van der Waals surface area contributed by atoms with E-state index in [0.717, 1.165) is 27.9 Å². The second-order valence-electron chi connectivity index (χ2n) is 6.27. The maximum atomic E-state index is 13.1. The molecule has 2 aromatic carbocycles. The summed E-state index contributed by atoms with van der Waals surface area (Å²) in [7, 11) is 0. The molecule has 2 heterocycles. The third-order valence-corrected chi connectivity index (χ3v) is 4.47. The third-order valence-electron chi connectivity index (χ3n) is 4.47. The highest BCUT2D eigenvalue weighted by atomic mass is 19.1. The summed E-state index contributed by atoms with van der Waals surface area (Å²) < 4.78 is 13.1. The minimum absolute atomic E-state index is 0.0445. The summed E-state index contributed by atoms with van der Waals surface area (Å²) in [6.07, 6.45) is 1.50. The fraction of sp³-hybridized carbons (Fsp3) is 0.0952. The molecule has 27 heavy (non-hydrogen) atoms. The van der Waals surface area contributed by atoms with E-state index in [4.69, 9.17) is 5.26 Å². The second-order valence-corrected chi connectivity index (χ2v) is 6.27. The van der Waals surface area contributed by atoms with Gasteiger partial charge in [0.25, 0.3) is 0 Å². The molecule has 1 atom stereocenters. The number of anilines is 1. The van der Waals surface area contributed by atoms with Gasteiger partial charge in [-0.1, -0.05) is 24.3 Å². The molecule has 0 saturated carbocycles. The molecule has 0 saturated heterocycles. The Kier molecular flexibility index (Phi) is 4.27. The van der Waals surface area contributed by atoms with Gasteiger partial charge >= 0.3 is 0 Å². The predicted molar refractivity (Wildman–Crippen MR) is 102 cm³/mol. The summed E-state index contributed by atoms with van der Waals surface area (Å²) in [5.41, 5.74) is 4.16. The number of halogens is 1. The van der Waals surface area contributed by atoms with Crippen LogP contribution in [-0.2, 0) is 0 Å². The number of benzene rings is 2. The minimum atomic E-state index is -0.256. The molecule has 0 aliphatic rings. The SMILES string of the molecule is C[C@@H](Nc1ncnc2[nH]c(-c3ccc(C#N)cc3)cc12)c1ccc(F)cc1. The number of nitrogens with one attached hydrogen (secondary N) is 2. The van der Waals surface area contributed by atoms with Gasteiger partial charge in [0.05, 0.1) is 17.0 Å². The van der Waals surface area contributed by atoms with Crippen LogP contribution in [0.5, 0.6) is 0 Å². The first-order valence-electron chi connectivity index (χ1n) is 8.50. The van der Waals surface area contributed by atoms with E-state index in [1.807, 2.05) is 25.1 Å². The maximum Gasteiger partial charge on any atom is 0.143 e. The zero-order valence-corrected chi connectivity index (χ0v) is 14.6. The Morgan fingerprint density at radius 1 is 1.07 bits per heavy atom. The van der Waals surface area contributed by atoms with E-state index < -0.39 is 0 Å². The van der Waals surface area contributed by atoms with Crippen molar-refractivity contribution in [3.05, 3.63) is 77.9 Å². The van der Waals surface area contributed by atoms with Crippen molar-refractivity contribution < 1.29 is 4.39 Å². The Labute approximate surface area is 155 Å². The van der Waals surface area contributed by atoms with Crippen molar-refractivity contribution in [3.63, 3.8) is 0 Å². The van der Waals surface area contributed by atoms with Crippen LogP contribution >= 0.6 is 0 Å². The average Bonchev–Trinajstić information content (AvgIpc) is 3.14. The Morgan fingerprint density at radius 2 is 1.81 bits per heavy atom. The van der Waals surface area contributed by atoms with Gasteiger partial charge in [-0.15, -0.1) is 0 Å². The summed E-state index contributed by atoms with van der Waals surface area (Å²) in [6.45, 7) is 2.00. The lowest BCUT2D eigenvalue weighted by molar-refractivity contribution is 0.626. The van der Waals surface area contributed by atoms with Crippen LogP contribution in [0.4, 0.5) is 10.2 Å². The smallest absolute Gasteiger partial charge is 0.143 e. The highest BCUT2D eigenvalue weighted by molar-refractivity contribution is 5.91. The molecule has 0 fully saturated rings. The first kappa shape index (κ1) is 16.7. The molecule has 0 aliphatic carbocycles. The topological polar surface area (TPSA) is 77.4 Å². The highest BCUT2D eigenvalue weighted by Crippen LogP contribution is 2.29. The molecule has 4 aromatic rings. The fourth-order valence-corrected chi connectivity index (χ4v) is 2.97. The number of nitrogens with zero attached hydrogens (tertiary/aromatic N) is 3. The summed E-state index contributed by atoms with van der Waals surface area (Å²) in [5, 5.41) is 13.2. The molecular weight excluding hydrogens is 341 g/mol. The summed E-state index contributed by atoms with van der Waals surface area (Å²) in [4.78, 5) is 12.0. The van der Waals surface area contributed by atoms with Gasteiger partial charge in [0.15, 0.2) is 0 Å². The standard InChI is InChI=1S/C21H16FN5/c1-13(15-6-8-17(22)9-7-15)26-20-18-10-19(27-21(18)25-12-24-20)16-4-2-14(11-23)3-5-16/h2-10,12-13H,1H3,(H2,24,25,26,27)/t13-/m1/s1. The number of fused-ring (bicyclic) bond motifs is 1. The number of rotatable bonds is 4. The van der Waals surface area contributed by atoms with Gasteiger partial charge in [-0.05, 0) is 48.4 Å². The molecule has 0 amide bonds. The van der Waals surface area contributed by atoms with E-state index in [1.54, 1.807) is 24.3 Å². The third kappa shape index (κ3) is 3.35. The van der Waals surface area contributed by atoms with E-state index >= 15 is 0 Å². The van der Waals surface area contributed by atoms with Gasteiger partial charge in [0, 0.05) is 11.7 Å². The Morgan fingerprint density at radius 3 is 2.52 bits per heavy atom. The van der Waals surface area contributed by atoms with E-state index in [0.29, 0.717) is 11.4 Å². The largest absolute Gasteiger partial charge is 0.363 e. The van der Waals surface area contributed by atoms with Crippen LogP contribution in [0.25, 0.3) is 22.3 Å². The van der Waals surface area contributed by atoms with E-state index in [1.165, 1.54) is 18.5 Å². The molecule has 0 bridgehead atoms. The molecular formula is C21H16FN5. The number of hydrogen-bond donors (Lipinski definition) is 2. The Balaban J connectivity index is 1.66. The first-order chi connectivity index (χ1) is 13.1. The lowest BCUT2D eigenvalue weighted by Crippen LogP contribution is -2.08. The molecule has 132 valence electrons. The first-order valence-corrected chi connectivity index (χ1v) is 8.50. The number of aromatic amines is 1. The van der Waals surface area contributed by atoms with Crippen molar-refractivity contribution in [1.29, 1.82) is 5.26 Å². The van der Waals surface area contributed by atoms with Gasteiger partial charge in [0.2, 0.25) is 0 Å². The Hall–Kier alpha value is -3.72. The number of nitriles is 1. The lowest BCUT2D eigenvalue weighted by Gasteiger charge is -2.15. The number of aromatic nitrogens is 3. The molecule has 4 rings (SSSR count). The molecule has 6 heteroatoms. The van der Waals surface area contributed by atoms with Crippen molar-refractivity contribution in [2.75, 3.05) is 5.32 Å². The molecule has 0 radical (unpaired) electrons. The summed E-state index contributed by atoms with van der Waals surface area (Å²) in [5.74, 6) is 0.445. The lowest BCUT2D eigenvalue weighted by atomic mass is 10.1. The van der Waals surface area contributed by atoms with Crippen LogP contribution < -0.4 is 5.32 Å². The maximum absolute atomic E-state index is 13.1. The van der Waals surface area contributed by atoms with Crippen LogP contribution in [0.1, 0.15) is 24.1 Å². The van der Waals surface area contributed by atoms with Crippen LogP contribution in [0, 0.1) is 17.1 Å². The highest BCUT2D eigenvalue weighted by Gasteiger charge is 2.12. The zero-order chi connectivity index (χ0) is 18.8. The normalized spacial score (nSPS) is 11.9. The van der Waals surface area contributed by atoms with Crippen molar-refractivity contribution in [2.45, 2.75) is 13.0 Å². The average molecular weight is 357 g/mol. The fourth-order valence-electron chi connectivity index (χ4n) is 2.97. The van der Waals surface area contributed by atoms with Gasteiger partial charge in [-0.3, -0.25) is 0 Å². The summed E-state index contributed by atoms with van der Waals surface area (Å²) in [6, 6.07) is 17.8. The molecule has 5 nitrogen and oxygen atoms in total. The van der Waals surface area contributed by atoms with Crippen LogP contribution in [0.15, 0.2) is 60.9 Å². The quantitative estimate of drug-likeness (QED) is 0.549. The second kappa shape index (κ2) is 6.89. The van der Waals surface area contributed by atoms with Crippen molar-refractivity contribution in [2.24, 2.45) is 0 Å². The zero-order valence-electron chi connectivity index (χ0n) is 14.6. The predicted octanol–water partition coefficient (Wildman–Crippen LogP) is 4.81. The molecule has 0 unspecified atom stereocenters. The van der Waals surface area contributed by atoms with E-state index in [-0.39, 0.29) is 11.9 Å². The Bertz CT molecular complexity index is 1120. The van der Waals surface area contributed by atoms with E-state index in [2.05, 4.69) is 26.3 Å². The molecule has 2 aromatic heterocycles. The van der Waals surface area contributed by atoms with Crippen LogP contribution in [0.3, 0.4) is 0 Å². The van der Waals surface area contributed by atoms with Gasteiger partial charge < -0.3 is 10.3 Å². The minimum Gasteiger partial charge on any atom is -0.363 e. The van der Waals surface area contributed by atoms with Crippen molar-refractivity contribution >= 4 is 16.9 Å². The van der Waals surface area contributed by atoms with Crippen LogP contribution in [0.2, 0.25) is 0 Å². The molecule has 0 aliphatic heterocycles. The molecule has 0 spiro atoms. The molecule has 2 N–H and O–H groups in total. The van der Waals surface area contributed by atoms with Gasteiger partial charge in [0.1, 0.15) is 23.6 Å². The monoisotopic (exact) mass is 357 g/mol. The number of hydrogen-bond acceptors (Lipinski definition) is 4. The van der Waals surface area contributed by atoms with Gasteiger partial charge in [-0.25, -0.2) is 14.4 Å². The van der Waals surface area contributed by atoms with Crippen LogP contribution in [-0.4, -0.2) is 15.0 Å². The van der Waals surface area contributed by atoms with Gasteiger partial charge in [-0.2, -0.15) is 5.26 Å². The van der Waals surface area contributed by atoms with Crippen molar-refractivity contribution in [1.82, 2.24) is 15.0 Å².